The molecule has 0 saturated carbocycles. The third-order valence-electron chi connectivity index (χ3n) is 2.64. The molecular weight excluding hydrogens is 290 g/mol. The minimum Gasteiger partial charge on any atom is -0.308 e. The summed E-state index contributed by atoms with van der Waals surface area (Å²) in [6, 6.07) is 6.62. The van der Waals surface area contributed by atoms with Crippen LogP contribution >= 0.6 is 45.6 Å². The molecule has 0 saturated heterocycles. The molecule has 3 aromatic heterocycles. The molecule has 0 fully saturated rings. The quantitative estimate of drug-likeness (QED) is 0.718. The lowest BCUT2D eigenvalue weighted by atomic mass is 10.2. The summed E-state index contributed by atoms with van der Waals surface area (Å²) in [6.07, 6.45) is 0. The zero-order valence-corrected chi connectivity index (χ0v) is 12.3. The van der Waals surface area contributed by atoms with Crippen LogP contribution in [0.5, 0.6) is 0 Å². The van der Waals surface area contributed by atoms with Crippen molar-refractivity contribution < 1.29 is 0 Å². The summed E-state index contributed by atoms with van der Waals surface area (Å²) in [4.78, 5) is 2.53. The van der Waals surface area contributed by atoms with Gasteiger partial charge in [0.2, 0.25) is 0 Å². The predicted molar refractivity (Wildman–Crippen MR) is 79.9 cm³/mol. The highest BCUT2D eigenvalue weighted by atomic mass is 35.5. The van der Waals surface area contributed by atoms with Crippen molar-refractivity contribution >= 4 is 55.0 Å². The van der Waals surface area contributed by atoms with E-state index in [9.17, 15) is 0 Å². The average molecular weight is 300 g/mol. The molecule has 3 aromatic rings. The van der Waals surface area contributed by atoms with Crippen LogP contribution in [0.3, 0.4) is 0 Å². The van der Waals surface area contributed by atoms with Gasteiger partial charge in [-0.05, 0) is 36.0 Å². The molecule has 0 aliphatic carbocycles. The number of halogens is 1. The number of hydrogen-bond acceptors (Lipinski definition) is 4. The lowest BCUT2D eigenvalue weighted by Crippen LogP contribution is -2.15. The summed E-state index contributed by atoms with van der Waals surface area (Å²) < 4.78 is 2.72. The highest BCUT2D eigenvalue weighted by Crippen LogP contribution is 2.39. The second kappa shape index (κ2) is 4.71. The van der Waals surface area contributed by atoms with Gasteiger partial charge in [-0.2, -0.15) is 0 Å². The fourth-order valence-corrected chi connectivity index (χ4v) is 5.45. The minimum absolute atomic E-state index is 0.215. The van der Waals surface area contributed by atoms with E-state index in [2.05, 4.69) is 22.8 Å². The topological polar surface area (TPSA) is 12.0 Å². The Morgan fingerprint density at radius 1 is 1.18 bits per heavy atom. The van der Waals surface area contributed by atoms with Crippen molar-refractivity contribution in [2.45, 2.75) is 6.04 Å². The van der Waals surface area contributed by atoms with Crippen LogP contribution in [0.25, 0.3) is 9.40 Å². The minimum atomic E-state index is 0.215. The van der Waals surface area contributed by atoms with E-state index in [0.717, 1.165) is 5.02 Å². The Labute approximate surface area is 117 Å². The Morgan fingerprint density at radius 3 is 2.65 bits per heavy atom. The van der Waals surface area contributed by atoms with Crippen molar-refractivity contribution in [1.82, 2.24) is 5.32 Å². The summed E-state index contributed by atoms with van der Waals surface area (Å²) in [5.41, 5.74) is 0. The van der Waals surface area contributed by atoms with E-state index in [1.54, 1.807) is 22.7 Å². The molecule has 0 radical (unpaired) electrons. The fourth-order valence-electron chi connectivity index (χ4n) is 1.84. The molecular formula is C12H10ClNS3. The summed E-state index contributed by atoms with van der Waals surface area (Å²) in [5, 5.41) is 8.38. The van der Waals surface area contributed by atoms with E-state index >= 15 is 0 Å². The van der Waals surface area contributed by atoms with E-state index in [1.807, 2.05) is 29.8 Å². The molecule has 5 heteroatoms. The summed E-state index contributed by atoms with van der Waals surface area (Å²) in [6.45, 7) is 0. The van der Waals surface area contributed by atoms with Crippen LogP contribution in [0.2, 0.25) is 5.02 Å². The molecule has 1 atom stereocenters. The molecule has 0 aliphatic rings. The van der Waals surface area contributed by atoms with Gasteiger partial charge in [-0.25, -0.2) is 0 Å². The van der Waals surface area contributed by atoms with Crippen LogP contribution in [0, 0.1) is 0 Å². The van der Waals surface area contributed by atoms with Crippen molar-refractivity contribution in [3.63, 3.8) is 0 Å². The SMILES string of the molecule is CNC(c1cc2sccc2s1)c1sccc1Cl. The van der Waals surface area contributed by atoms with Gasteiger partial charge >= 0.3 is 0 Å². The predicted octanol–water partition coefficient (Wildman–Crippen LogP) is 4.99. The van der Waals surface area contributed by atoms with Crippen LogP contribution in [-0.2, 0) is 0 Å². The first-order valence-corrected chi connectivity index (χ1v) is 8.12. The summed E-state index contributed by atoms with van der Waals surface area (Å²) in [7, 11) is 1.98. The van der Waals surface area contributed by atoms with Crippen LogP contribution in [-0.4, -0.2) is 7.05 Å². The first-order chi connectivity index (χ1) is 8.29. The molecule has 1 nitrogen and oxygen atoms in total. The van der Waals surface area contributed by atoms with E-state index in [0.29, 0.717) is 0 Å². The van der Waals surface area contributed by atoms with Crippen LogP contribution in [0.4, 0.5) is 0 Å². The van der Waals surface area contributed by atoms with E-state index < -0.39 is 0 Å². The van der Waals surface area contributed by atoms with Crippen molar-refractivity contribution in [3.05, 3.63) is 43.7 Å². The average Bonchev–Trinajstić information content (AvgIpc) is 2.96. The molecule has 1 unspecified atom stereocenters. The third-order valence-corrected chi connectivity index (χ3v) is 6.22. The first kappa shape index (κ1) is 11.7. The Morgan fingerprint density at radius 2 is 2.00 bits per heavy atom. The Balaban J connectivity index is 2.06. The zero-order chi connectivity index (χ0) is 11.8. The molecule has 88 valence electrons. The second-order valence-corrected chi connectivity index (χ2v) is 7.07. The number of fused-ring (bicyclic) bond motifs is 1. The molecule has 0 aromatic carbocycles. The highest BCUT2D eigenvalue weighted by molar-refractivity contribution is 7.27. The lowest BCUT2D eigenvalue weighted by molar-refractivity contribution is 0.717. The number of rotatable bonds is 3. The largest absolute Gasteiger partial charge is 0.308 e. The van der Waals surface area contributed by atoms with Crippen LogP contribution < -0.4 is 5.32 Å². The number of nitrogens with one attached hydrogen (secondary N) is 1. The Bertz CT molecular complexity index is 608. The third kappa shape index (κ3) is 2.04. The molecule has 3 rings (SSSR count). The summed E-state index contributed by atoms with van der Waals surface area (Å²) in [5.74, 6) is 0. The van der Waals surface area contributed by atoms with Crippen molar-refractivity contribution in [1.29, 1.82) is 0 Å². The van der Waals surface area contributed by atoms with Gasteiger partial charge in [0.15, 0.2) is 0 Å². The Kier molecular flexibility index (Phi) is 3.23. The van der Waals surface area contributed by atoms with E-state index in [1.165, 1.54) is 19.2 Å². The molecule has 3 heterocycles. The van der Waals surface area contributed by atoms with Gasteiger partial charge < -0.3 is 5.32 Å². The zero-order valence-electron chi connectivity index (χ0n) is 9.07. The van der Waals surface area contributed by atoms with E-state index in [4.69, 9.17) is 11.6 Å². The molecule has 0 amide bonds. The van der Waals surface area contributed by atoms with Gasteiger partial charge in [0.25, 0.3) is 0 Å². The molecule has 0 aliphatic heterocycles. The van der Waals surface area contributed by atoms with Gasteiger partial charge in [0, 0.05) is 19.2 Å². The van der Waals surface area contributed by atoms with E-state index in [-0.39, 0.29) is 6.04 Å². The van der Waals surface area contributed by atoms with Crippen LogP contribution in [0.1, 0.15) is 15.8 Å². The monoisotopic (exact) mass is 299 g/mol. The molecule has 17 heavy (non-hydrogen) atoms. The maximum absolute atomic E-state index is 6.21. The highest BCUT2D eigenvalue weighted by Gasteiger charge is 2.19. The van der Waals surface area contributed by atoms with Gasteiger partial charge in [-0.15, -0.1) is 34.0 Å². The number of hydrogen-bond donors (Lipinski definition) is 1. The number of thiophene rings is 3. The Hall–Kier alpha value is -0.390. The fraction of sp³-hybridized carbons (Fsp3) is 0.167. The normalized spacial score (nSPS) is 13.3. The van der Waals surface area contributed by atoms with Crippen LogP contribution in [0.15, 0.2) is 29.0 Å². The molecule has 0 bridgehead atoms. The van der Waals surface area contributed by atoms with Gasteiger partial charge in [0.1, 0.15) is 0 Å². The van der Waals surface area contributed by atoms with Gasteiger partial charge in [-0.3, -0.25) is 0 Å². The van der Waals surface area contributed by atoms with Gasteiger partial charge in [0.05, 0.1) is 11.1 Å². The smallest absolute Gasteiger partial charge is 0.0778 e. The molecule has 0 spiro atoms. The van der Waals surface area contributed by atoms with Crippen molar-refractivity contribution in [2.24, 2.45) is 0 Å². The standard InChI is InChI=1S/C12H10ClNS3/c1-14-11(12-7(13)2-4-16-12)10-6-9-8(17-10)3-5-15-9/h2-6,11,14H,1H3. The first-order valence-electron chi connectivity index (χ1n) is 5.16. The maximum Gasteiger partial charge on any atom is 0.0778 e. The van der Waals surface area contributed by atoms with Crippen molar-refractivity contribution in [3.8, 4) is 0 Å². The lowest BCUT2D eigenvalue weighted by Gasteiger charge is -2.13. The van der Waals surface area contributed by atoms with Crippen molar-refractivity contribution in [2.75, 3.05) is 7.05 Å². The summed E-state index contributed by atoms with van der Waals surface area (Å²) >= 11 is 11.5. The maximum atomic E-state index is 6.21. The molecule has 1 N–H and O–H groups in total. The van der Waals surface area contributed by atoms with Gasteiger partial charge in [-0.1, -0.05) is 11.6 Å². The second-order valence-electron chi connectivity index (χ2n) is 3.65.